The predicted molar refractivity (Wildman–Crippen MR) is 112 cm³/mol. The van der Waals surface area contributed by atoms with E-state index >= 15 is 0 Å². The van der Waals surface area contributed by atoms with Crippen LogP contribution in [-0.4, -0.2) is 43.8 Å². The molecule has 0 radical (unpaired) electrons. The van der Waals surface area contributed by atoms with E-state index in [0.29, 0.717) is 11.7 Å². The number of carbonyl (C=O) groups excluding carboxylic acids is 2. The minimum absolute atomic E-state index is 0.0847. The summed E-state index contributed by atoms with van der Waals surface area (Å²) >= 11 is 1.32. The Bertz CT molecular complexity index is 957. The van der Waals surface area contributed by atoms with Gasteiger partial charge >= 0.3 is 0 Å². The lowest BCUT2D eigenvalue weighted by Gasteiger charge is -2.22. The van der Waals surface area contributed by atoms with E-state index in [0.717, 1.165) is 16.8 Å². The molecule has 0 fully saturated rings. The zero-order chi connectivity index (χ0) is 20.6. The van der Waals surface area contributed by atoms with Gasteiger partial charge in [-0.2, -0.15) is 0 Å². The van der Waals surface area contributed by atoms with Crippen LogP contribution in [0.3, 0.4) is 0 Å². The van der Waals surface area contributed by atoms with Gasteiger partial charge in [0.05, 0.1) is 5.75 Å². The number of primary amides is 1. The standard InChI is InChI=1S/C21H23N5O2S/c1-16-7-9-18(10-8-16)26-15-23-24-21(26)29-14-20(28)25(12-11-19(22)27)13-17-5-3-2-4-6-17/h2-10,15H,11-14H2,1H3,(H2,22,27). The Morgan fingerprint density at radius 3 is 2.52 bits per heavy atom. The number of hydrogen-bond acceptors (Lipinski definition) is 5. The molecular formula is C21H23N5O2S. The van der Waals surface area contributed by atoms with Crippen molar-refractivity contribution in [1.29, 1.82) is 0 Å². The van der Waals surface area contributed by atoms with E-state index in [1.54, 1.807) is 11.2 Å². The van der Waals surface area contributed by atoms with Crippen molar-refractivity contribution in [2.75, 3.05) is 12.3 Å². The van der Waals surface area contributed by atoms with Crippen LogP contribution >= 0.6 is 11.8 Å². The highest BCUT2D eigenvalue weighted by Gasteiger charge is 2.17. The summed E-state index contributed by atoms with van der Waals surface area (Å²) < 4.78 is 1.85. The van der Waals surface area contributed by atoms with Gasteiger partial charge < -0.3 is 10.6 Å². The molecule has 7 nitrogen and oxygen atoms in total. The van der Waals surface area contributed by atoms with Gasteiger partial charge in [0.25, 0.3) is 0 Å². The lowest BCUT2D eigenvalue weighted by molar-refractivity contribution is -0.129. The van der Waals surface area contributed by atoms with Gasteiger partial charge in [-0.05, 0) is 24.6 Å². The van der Waals surface area contributed by atoms with Crippen molar-refractivity contribution in [3.63, 3.8) is 0 Å². The van der Waals surface area contributed by atoms with Crippen molar-refractivity contribution in [3.05, 3.63) is 72.1 Å². The minimum atomic E-state index is -0.428. The second-order valence-corrected chi connectivity index (χ2v) is 7.57. The molecule has 0 aliphatic carbocycles. The summed E-state index contributed by atoms with van der Waals surface area (Å²) in [6, 6.07) is 17.7. The summed E-state index contributed by atoms with van der Waals surface area (Å²) in [5, 5.41) is 8.75. The number of rotatable bonds is 9. The first kappa shape index (κ1) is 20.6. The second kappa shape index (κ2) is 9.88. The lowest BCUT2D eigenvalue weighted by atomic mass is 10.2. The van der Waals surface area contributed by atoms with Gasteiger partial charge in [0.15, 0.2) is 5.16 Å². The Labute approximate surface area is 173 Å². The van der Waals surface area contributed by atoms with E-state index in [4.69, 9.17) is 5.73 Å². The molecular weight excluding hydrogens is 386 g/mol. The molecule has 0 saturated heterocycles. The summed E-state index contributed by atoms with van der Waals surface area (Å²) in [7, 11) is 0. The van der Waals surface area contributed by atoms with Crippen LogP contribution in [-0.2, 0) is 16.1 Å². The fraction of sp³-hybridized carbons (Fsp3) is 0.238. The lowest BCUT2D eigenvalue weighted by Crippen LogP contribution is -2.34. The number of nitrogens with two attached hydrogens (primary N) is 1. The van der Waals surface area contributed by atoms with Crippen molar-refractivity contribution in [2.24, 2.45) is 5.73 Å². The molecule has 3 aromatic rings. The smallest absolute Gasteiger partial charge is 0.233 e. The Morgan fingerprint density at radius 2 is 1.83 bits per heavy atom. The fourth-order valence-electron chi connectivity index (χ4n) is 2.76. The first-order valence-electron chi connectivity index (χ1n) is 9.23. The van der Waals surface area contributed by atoms with E-state index in [9.17, 15) is 9.59 Å². The summed E-state index contributed by atoms with van der Waals surface area (Å²) in [6.45, 7) is 2.74. The van der Waals surface area contributed by atoms with E-state index in [-0.39, 0.29) is 24.6 Å². The maximum absolute atomic E-state index is 12.8. The number of aromatic nitrogens is 3. The van der Waals surface area contributed by atoms with E-state index in [1.165, 1.54) is 11.8 Å². The maximum Gasteiger partial charge on any atom is 0.233 e. The molecule has 2 N–H and O–H groups in total. The van der Waals surface area contributed by atoms with Gasteiger partial charge in [-0.25, -0.2) is 0 Å². The van der Waals surface area contributed by atoms with Crippen molar-refractivity contribution in [2.45, 2.75) is 25.0 Å². The number of aryl methyl sites for hydroxylation is 1. The third kappa shape index (κ3) is 5.92. The van der Waals surface area contributed by atoms with E-state index in [1.807, 2.05) is 66.1 Å². The molecule has 8 heteroatoms. The fourth-order valence-corrected chi connectivity index (χ4v) is 3.60. The average molecular weight is 410 g/mol. The highest BCUT2D eigenvalue weighted by molar-refractivity contribution is 7.99. The van der Waals surface area contributed by atoms with E-state index < -0.39 is 5.91 Å². The Morgan fingerprint density at radius 1 is 1.10 bits per heavy atom. The molecule has 1 aromatic heterocycles. The highest BCUT2D eigenvalue weighted by Crippen LogP contribution is 2.20. The largest absolute Gasteiger partial charge is 0.370 e. The molecule has 2 aromatic carbocycles. The Kier molecular flexibility index (Phi) is 7.02. The highest BCUT2D eigenvalue weighted by atomic mass is 32.2. The number of benzene rings is 2. The van der Waals surface area contributed by atoms with Crippen molar-refractivity contribution >= 4 is 23.6 Å². The predicted octanol–water partition coefficient (Wildman–Crippen LogP) is 2.57. The third-order valence-electron chi connectivity index (χ3n) is 4.35. The van der Waals surface area contributed by atoms with Gasteiger partial charge in [-0.3, -0.25) is 14.2 Å². The summed E-state index contributed by atoms with van der Waals surface area (Å²) in [6.07, 6.45) is 1.76. The number of hydrogen-bond donors (Lipinski definition) is 1. The van der Waals surface area contributed by atoms with Crippen LogP contribution in [0.1, 0.15) is 17.5 Å². The van der Waals surface area contributed by atoms with Gasteiger partial charge in [-0.1, -0.05) is 59.8 Å². The second-order valence-electron chi connectivity index (χ2n) is 6.62. The molecule has 0 spiro atoms. The minimum Gasteiger partial charge on any atom is -0.370 e. The molecule has 0 atom stereocenters. The molecule has 0 aliphatic heterocycles. The zero-order valence-corrected chi connectivity index (χ0v) is 17.0. The first-order valence-corrected chi connectivity index (χ1v) is 10.2. The van der Waals surface area contributed by atoms with E-state index in [2.05, 4.69) is 10.2 Å². The summed E-state index contributed by atoms with van der Waals surface area (Å²) in [5.74, 6) is -0.322. The van der Waals surface area contributed by atoms with Crippen LogP contribution in [0, 0.1) is 6.92 Å². The van der Waals surface area contributed by atoms with Crippen LogP contribution in [0.5, 0.6) is 0 Å². The van der Waals surface area contributed by atoms with Crippen LogP contribution < -0.4 is 5.73 Å². The quantitative estimate of drug-likeness (QED) is 0.548. The van der Waals surface area contributed by atoms with Crippen LogP contribution in [0.15, 0.2) is 66.1 Å². The molecule has 2 amide bonds. The Hall–Kier alpha value is -3.13. The van der Waals surface area contributed by atoms with Crippen LogP contribution in [0.25, 0.3) is 5.69 Å². The Balaban J connectivity index is 1.67. The van der Waals surface area contributed by atoms with Crippen molar-refractivity contribution < 1.29 is 9.59 Å². The number of nitrogens with zero attached hydrogens (tertiary/aromatic N) is 4. The molecule has 150 valence electrons. The molecule has 3 rings (SSSR count). The van der Waals surface area contributed by atoms with Gasteiger partial charge in [-0.15, -0.1) is 10.2 Å². The molecule has 0 aliphatic rings. The van der Waals surface area contributed by atoms with Crippen LogP contribution in [0.2, 0.25) is 0 Å². The van der Waals surface area contributed by atoms with Crippen molar-refractivity contribution in [1.82, 2.24) is 19.7 Å². The van der Waals surface area contributed by atoms with Crippen molar-refractivity contribution in [3.8, 4) is 5.69 Å². The molecule has 0 unspecified atom stereocenters. The molecule has 0 bridgehead atoms. The number of carbonyl (C=O) groups is 2. The molecule has 1 heterocycles. The number of amides is 2. The normalized spacial score (nSPS) is 10.7. The summed E-state index contributed by atoms with van der Waals surface area (Å²) in [5.41, 5.74) is 8.37. The topological polar surface area (TPSA) is 94.1 Å². The molecule has 29 heavy (non-hydrogen) atoms. The SMILES string of the molecule is Cc1ccc(-n2cnnc2SCC(=O)N(CCC(N)=O)Cc2ccccc2)cc1. The van der Waals surface area contributed by atoms with Gasteiger partial charge in [0.1, 0.15) is 6.33 Å². The zero-order valence-electron chi connectivity index (χ0n) is 16.2. The maximum atomic E-state index is 12.8. The molecule has 0 saturated carbocycles. The number of thioether (sulfide) groups is 1. The van der Waals surface area contributed by atoms with Gasteiger partial charge in [0, 0.05) is 25.2 Å². The average Bonchev–Trinajstić information content (AvgIpc) is 3.19. The first-order chi connectivity index (χ1) is 14.0. The van der Waals surface area contributed by atoms with Crippen LogP contribution in [0.4, 0.5) is 0 Å². The van der Waals surface area contributed by atoms with Gasteiger partial charge in [0.2, 0.25) is 11.8 Å². The monoisotopic (exact) mass is 409 g/mol. The third-order valence-corrected chi connectivity index (χ3v) is 5.28. The summed E-state index contributed by atoms with van der Waals surface area (Å²) in [4.78, 5) is 25.7.